The number of anilines is 1. The molecule has 1 rings (SSSR count). The summed E-state index contributed by atoms with van der Waals surface area (Å²) in [6.07, 6.45) is 2.50. The number of hydrogen-bond acceptors (Lipinski definition) is 4. The number of nitrogens with one attached hydrogen (secondary N) is 1. The Bertz CT molecular complexity index is 455. The van der Waals surface area contributed by atoms with Crippen molar-refractivity contribution in [2.75, 3.05) is 11.9 Å². The Balaban J connectivity index is 3.01. The fourth-order valence-corrected chi connectivity index (χ4v) is 1.78. The van der Waals surface area contributed by atoms with Gasteiger partial charge in [-0.15, -0.1) is 0 Å². The topological polar surface area (TPSA) is 81.2 Å². The van der Waals surface area contributed by atoms with Gasteiger partial charge < -0.3 is 11.1 Å². The van der Waals surface area contributed by atoms with Crippen LogP contribution < -0.4 is 11.1 Å². The van der Waals surface area contributed by atoms with Crippen molar-refractivity contribution in [3.8, 4) is 0 Å². The van der Waals surface area contributed by atoms with E-state index in [1.54, 1.807) is 0 Å². The van der Waals surface area contributed by atoms with Crippen LogP contribution in [0, 0.1) is 21.7 Å². The molecular weight excluding hydrogens is 256 g/mol. The summed E-state index contributed by atoms with van der Waals surface area (Å²) in [7, 11) is 0. The van der Waals surface area contributed by atoms with Crippen LogP contribution in [0.4, 0.5) is 20.2 Å². The molecule has 7 heteroatoms. The van der Waals surface area contributed by atoms with Crippen molar-refractivity contribution in [3.05, 3.63) is 33.9 Å². The molecule has 3 N–H and O–H groups in total. The van der Waals surface area contributed by atoms with E-state index in [1.807, 2.05) is 6.92 Å². The Labute approximate surface area is 109 Å². The minimum atomic E-state index is -1.20. The van der Waals surface area contributed by atoms with Crippen LogP contribution >= 0.6 is 0 Å². The largest absolute Gasteiger partial charge is 0.375 e. The molecule has 5 nitrogen and oxygen atoms in total. The molecule has 0 bridgehead atoms. The molecule has 0 aliphatic carbocycles. The standard InChI is InChI=1S/C12H17F2N3O2/c1-2-3-4-9(7-15)16-11-6-8(13)5-10(14)12(11)17(18)19/h5-6,9,16H,2-4,7,15H2,1H3. The molecule has 19 heavy (non-hydrogen) atoms. The van der Waals surface area contributed by atoms with Crippen molar-refractivity contribution >= 4 is 11.4 Å². The first-order valence-corrected chi connectivity index (χ1v) is 6.09. The molecule has 106 valence electrons. The molecule has 0 saturated heterocycles. The predicted octanol–water partition coefficient (Wildman–Crippen LogP) is 2.80. The zero-order valence-corrected chi connectivity index (χ0v) is 10.7. The van der Waals surface area contributed by atoms with E-state index in [2.05, 4.69) is 5.32 Å². The van der Waals surface area contributed by atoms with Gasteiger partial charge in [0.2, 0.25) is 5.82 Å². The first-order chi connectivity index (χ1) is 8.99. The normalized spacial score (nSPS) is 12.2. The molecule has 0 radical (unpaired) electrons. The maximum absolute atomic E-state index is 13.4. The summed E-state index contributed by atoms with van der Waals surface area (Å²) in [5.74, 6) is -2.06. The van der Waals surface area contributed by atoms with Crippen LogP contribution in [0.3, 0.4) is 0 Å². The van der Waals surface area contributed by atoms with E-state index in [9.17, 15) is 18.9 Å². The fourth-order valence-electron chi connectivity index (χ4n) is 1.78. The van der Waals surface area contributed by atoms with Crippen molar-refractivity contribution in [2.45, 2.75) is 32.2 Å². The molecule has 0 saturated carbocycles. The van der Waals surface area contributed by atoms with Gasteiger partial charge in [-0.3, -0.25) is 10.1 Å². The summed E-state index contributed by atoms with van der Waals surface area (Å²) in [6, 6.07) is 1.16. The summed E-state index contributed by atoms with van der Waals surface area (Å²) in [5.41, 5.74) is 4.62. The van der Waals surface area contributed by atoms with E-state index in [-0.39, 0.29) is 18.3 Å². The lowest BCUT2D eigenvalue weighted by Crippen LogP contribution is -2.29. The van der Waals surface area contributed by atoms with E-state index < -0.39 is 22.2 Å². The van der Waals surface area contributed by atoms with E-state index >= 15 is 0 Å². The molecule has 1 aromatic rings. The van der Waals surface area contributed by atoms with Gasteiger partial charge in [-0.25, -0.2) is 4.39 Å². The second-order valence-corrected chi connectivity index (χ2v) is 4.26. The lowest BCUT2D eigenvalue weighted by Gasteiger charge is -2.17. The highest BCUT2D eigenvalue weighted by atomic mass is 19.1. The smallest absolute Gasteiger partial charge is 0.327 e. The van der Waals surface area contributed by atoms with Crippen LogP contribution in [-0.4, -0.2) is 17.5 Å². The highest BCUT2D eigenvalue weighted by molar-refractivity contribution is 5.62. The van der Waals surface area contributed by atoms with Crippen LogP contribution in [0.15, 0.2) is 12.1 Å². The van der Waals surface area contributed by atoms with Gasteiger partial charge in [0.1, 0.15) is 11.5 Å². The lowest BCUT2D eigenvalue weighted by atomic mass is 10.1. The SMILES string of the molecule is CCCCC(CN)Nc1cc(F)cc(F)c1[N+](=O)[O-]. The van der Waals surface area contributed by atoms with Crippen LogP contribution in [0.1, 0.15) is 26.2 Å². The van der Waals surface area contributed by atoms with Crippen molar-refractivity contribution in [1.29, 1.82) is 0 Å². The number of nitrogens with two attached hydrogens (primary N) is 1. The van der Waals surface area contributed by atoms with Gasteiger partial charge in [0, 0.05) is 24.7 Å². The highest BCUT2D eigenvalue weighted by Crippen LogP contribution is 2.29. The van der Waals surface area contributed by atoms with Gasteiger partial charge in [-0.05, 0) is 6.42 Å². The van der Waals surface area contributed by atoms with Crippen LogP contribution in [0.25, 0.3) is 0 Å². The Morgan fingerprint density at radius 1 is 1.47 bits per heavy atom. The van der Waals surface area contributed by atoms with E-state index in [1.165, 1.54) is 0 Å². The molecule has 0 fully saturated rings. The average molecular weight is 273 g/mol. The minimum Gasteiger partial charge on any atom is -0.375 e. The Kier molecular flexibility index (Phi) is 5.62. The third-order valence-electron chi connectivity index (χ3n) is 2.76. The van der Waals surface area contributed by atoms with Crippen molar-refractivity contribution in [3.63, 3.8) is 0 Å². The Hall–Kier alpha value is -1.76. The van der Waals surface area contributed by atoms with Gasteiger partial charge in [-0.1, -0.05) is 19.8 Å². The van der Waals surface area contributed by atoms with Crippen molar-refractivity contribution in [1.82, 2.24) is 0 Å². The monoisotopic (exact) mass is 273 g/mol. The highest BCUT2D eigenvalue weighted by Gasteiger charge is 2.23. The number of nitro groups is 1. The summed E-state index contributed by atoms with van der Waals surface area (Å²) >= 11 is 0. The molecule has 0 amide bonds. The van der Waals surface area contributed by atoms with Gasteiger partial charge in [-0.2, -0.15) is 4.39 Å². The van der Waals surface area contributed by atoms with E-state index in [4.69, 9.17) is 5.73 Å². The number of hydrogen-bond donors (Lipinski definition) is 2. The molecule has 0 aromatic heterocycles. The average Bonchev–Trinajstić information content (AvgIpc) is 2.32. The number of halogens is 2. The Morgan fingerprint density at radius 3 is 2.68 bits per heavy atom. The molecule has 0 heterocycles. The number of rotatable bonds is 7. The molecular formula is C12H17F2N3O2. The maximum atomic E-state index is 13.4. The first-order valence-electron chi connectivity index (χ1n) is 6.09. The quantitative estimate of drug-likeness (QED) is 0.591. The van der Waals surface area contributed by atoms with Crippen molar-refractivity contribution in [2.24, 2.45) is 5.73 Å². The Morgan fingerprint density at radius 2 is 2.16 bits per heavy atom. The van der Waals surface area contributed by atoms with Crippen LogP contribution in [-0.2, 0) is 0 Å². The van der Waals surface area contributed by atoms with Gasteiger partial charge >= 0.3 is 5.69 Å². The summed E-state index contributed by atoms with van der Waals surface area (Å²) in [5, 5.41) is 13.6. The van der Waals surface area contributed by atoms with E-state index in [0.29, 0.717) is 12.5 Å². The predicted molar refractivity (Wildman–Crippen MR) is 69.0 cm³/mol. The molecule has 0 aliphatic rings. The second-order valence-electron chi connectivity index (χ2n) is 4.26. The van der Waals surface area contributed by atoms with E-state index in [0.717, 1.165) is 18.9 Å². The van der Waals surface area contributed by atoms with Crippen LogP contribution in [0.2, 0.25) is 0 Å². The number of nitrogens with zero attached hydrogens (tertiary/aromatic N) is 1. The third-order valence-corrected chi connectivity index (χ3v) is 2.76. The number of benzene rings is 1. The molecule has 0 aliphatic heterocycles. The summed E-state index contributed by atoms with van der Waals surface area (Å²) in [6.45, 7) is 2.23. The molecule has 1 unspecified atom stereocenters. The maximum Gasteiger partial charge on any atom is 0.327 e. The summed E-state index contributed by atoms with van der Waals surface area (Å²) < 4.78 is 26.6. The lowest BCUT2D eigenvalue weighted by molar-refractivity contribution is -0.386. The molecule has 1 atom stereocenters. The van der Waals surface area contributed by atoms with Gasteiger partial charge in [0.15, 0.2) is 0 Å². The minimum absolute atomic E-state index is 0.172. The third kappa shape index (κ3) is 4.13. The fraction of sp³-hybridized carbons (Fsp3) is 0.500. The molecule has 1 aromatic carbocycles. The number of nitro benzene ring substituents is 1. The molecule has 0 spiro atoms. The zero-order valence-electron chi connectivity index (χ0n) is 10.7. The van der Waals surface area contributed by atoms with Gasteiger partial charge in [0.05, 0.1) is 4.92 Å². The number of unbranched alkanes of at least 4 members (excludes halogenated alkanes) is 1. The first kappa shape index (κ1) is 15.3. The van der Waals surface area contributed by atoms with Crippen molar-refractivity contribution < 1.29 is 13.7 Å². The van der Waals surface area contributed by atoms with Crippen LogP contribution in [0.5, 0.6) is 0 Å². The summed E-state index contributed by atoms with van der Waals surface area (Å²) in [4.78, 5) is 9.94. The zero-order chi connectivity index (χ0) is 14.4. The second kappa shape index (κ2) is 6.98. The van der Waals surface area contributed by atoms with Gasteiger partial charge in [0.25, 0.3) is 0 Å².